The Hall–Kier alpha value is -1.22. The fraction of sp³-hybridized carbons (Fsp3) is 0.731. The molecule has 0 bridgehead atoms. The number of rotatable bonds is 2. The molecule has 1 aromatic carbocycles. The number of nitrogens with one attached hydrogen (secondary N) is 1. The number of fused-ring (bicyclic) bond motifs is 5. The van der Waals surface area contributed by atoms with Gasteiger partial charge in [0.05, 0.1) is 6.10 Å². The average molecular weight is 430 g/mol. The van der Waals surface area contributed by atoms with Gasteiger partial charge in [0, 0.05) is 17.5 Å². The summed E-state index contributed by atoms with van der Waals surface area (Å²) in [5.74, 6) is 4.01. The lowest BCUT2D eigenvalue weighted by Gasteiger charge is -2.61. The van der Waals surface area contributed by atoms with Crippen LogP contribution < -0.4 is 10.1 Å². The second-order valence-corrected chi connectivity index (χ2v) is 11.8. The smallest absolute Gasteiger partial charge is 0.220 e. The number of benzene rings is 1. The summed E-state index contributed by atoms with van der Waals surface area (Å²) in [7, 11) is 0. The van der Waals surface area contributed by atoms with Gasteiger partial charge in [0.15, 0.2) is 0 Å². The molecule has 1 aromatic rings. The summed E-state index contributed by atoms with van der Waals surface area (Å²) in [5.41, 5.74) is 1.73. The van der Waals surface area contributed by atoms with Crippen LogP contribution in [-0.2, 0) is 4.79 Å². The van der Waals surface area contributed by atoms with E-state index in [0.29, 0.717) is 29.7 Å². The second-order valence-electron chi connectivity index (χ2n) is 11.4. The lowest BCUT2D eigenvalue weighted by Crippen LogP contribution is -2.62. The first-order valence-corrected chi connectivity index (χ1v) is 12.3. The lowest BCUT2D eigenvalue weighted by molar-refractivity contribution is -0.141. The number of piperidine rings is 1. The molecule has 8 atom stereocenters. The standard InChI is InChI=1S/C26H36ClNO2/c1-15-5-6-17(13-21(15)27)30-18-12-20-24-16(2)11-22-26(4,10-8-23(29)28-22)19(24)7-9-25(20,3)14-18/h5-6,13,16,18-20,22,24H,7-12,14H2,1-4H3,(H,28,29)/t16?,18-,19?,20?,22?,24?,25+,26+/m0/s1. The number of hydrogen-bond donors (Lipinski definition) is 1. The zero-order chi connectivity index (χ0) is 21.3. The molecule has 5 unspecified atom stereocenters. The fourth-order valence-corrected chi connectivity index (χ4v) is 8.14. The van der Waals surface area contributed by atoms with Crippen LogP contribution in [0.3, 0.4) is 0 Å². The Bertz CT molecular complexity index is 855. The van der Waals surface area contributed by atoms with Gasteiger partial charge in [0.2, 0.25) is 5.91 Å². The van der Waals surface area contributed by atoms with Gasteiger partial charge in [-0.05, 0) is 97.6 Å². The summed E-state index contributed by atoms with van der Waals surface area (Å²) in [6, 6.07) is 6.46. The van der Waals surface area contributed by atoms with Crippen molar-refractivity contribution in [3.05, 3.63) is 28.8 Å². The van der Waals surface area contributed by atoms with E-state index in [4.69, 9.17) is 16.3 Å². The van der Waals surface area contributed by atoms with Crippen molar-refractivity contribution in [3.63, 3.8) is 0 Å². The summed E-state index contributed by atoms with van der Waals surface area (Å²) in [6.45, 7) is 9.46. The molecule has 3 saturated carbocycles. The van der Waals surface area contributed by atoms with Crippen LogP contribution in [0, 0.1) is 41.4 Å². The number of halogens is 1. The van der Waals surface area contributed by atoms with Gasteiger partial charge in [-0.25, -0.2) is 0 Å². The van der Waals surface area contributed by atoms with E-state index in [9.17, 15) is 4.79 Å². The zero-order valence-corrected chi connectivity index (χ0v) is 19.6. The summed E-state index contributed by atoms with van der Waals surface area (Å²) in [6.07, 6.45) is 8.06. The van der Waals surface area contributed by atoms with Gasteiger partial charge in [-0.3, -0.25) is 4.79 Å². The van der Waals surface area contributed by atoms with Crippen LogP contribution in [0.4, 0.5) is 0 Å². The van der Waals surface area contributed by atoms with Gasteiger partial charge < -0.3 is 10.1 Å². The molecule has 30 heavy (non-hydrogen) atoms. The molecule has 1 heterocycles. The maximum Gasteiger partial charge on any atom is 0.220 e. The lowest BCUT2D eigenvalue weighted by atomic mass is 9.45. The Morgan fingerprint density at radius 3 is 2.73 bits per heavy atom. The van der Waals surface area contributed by atoms with Gasteiger partial charge in [0.1, 0.15) is 5.75 Å². The van der Waals surface area contributed by atoms with E-state index in [0.717, 1.165) is 53.9 Å². The first kappa shape index (κ1) is 20.7. The van der Waals surface area contributed by atoms with Crippen LogP contribution in [0.2, 0.25) is 5.02 Å². The highest BCUT2D eigenvalue weighted by molar-refractivity contribution is 6.31. The van der Waals surface area contributed by atoms with E-state index in [1.54, 1.807) is 0 Å². The van der Waals surface area contributed by atoms with Crippen LogP contribution >= 0.6 is 11.6 Å². The number of carbonyl (C=O) groups is 1. The molecule has 4 aliphatic rings. The van der Waals surface area contributed by atoms with Crippen molar-refractivity contribution in [1.82, 2.24) is 5.32 Å². The molecule has 1 saturated heterocycles. The number of carbonyl (C=O) groups excluding carboxylic acids is 1. The van der Waals surface area contributed by atoms with Crippen molar-refractivity contribution in [2.24, 2.45) is 34.5 Å². The SMILES string of the molecule is Cc1ccc(O[C@H]2CC3C4C(C)CC5NC(=O)CC[C@]5(C)C4CC[C@]3(C)C2)cc1Cl. The third-order valence-corrected chi connectivity index (χ3v) is 10.0. The van der Waals surface area contributed by atoms with Gasteiger partial charge in [-0.2, -0.15) is 0 Å². The number of ether oxygens (including phenoxy) is 1. The summed E-state index contributed by atoms with van der Waals surface area (Å²) < 4.78 is 6.49. The molecule has 1 amide bonds. The van der Waals surface area contributed by atoms with Crippen molar-refractivity contribution in [2.45, 2.75) is 84.8 Å². The topological polar surface area (TPSA) is 38.3 Å². The largest absolute Gasteiger partial charge is 0.490 e. The highest BCUT2D eigenvalue weighted by atomic mass is 35.5. The molecule has 3 aliphatic carbocycles. The molecule has 164 valence electrons. The number of amides is 1. The predicted octanol–water partition coefficient (Wildman–Crippen LogP) is 6.16. The van der Waals surface area contributed by atoms with Gasteiger partial charge in [0.25, 0.3) is 0 Å². The number of aryl methyl sites for hydroxylation is 1. The molecule has 0 radical (unpaired) electrons. The van der Waals surface area contributed by atoms with Crippen LogP contribution in [-0.4, -0.2) is 18.1 Å². The maximum atomic E-state index is 12.1. The van der Waals surface area contributed by atoms with Crippen molar-refractivity contribution < 1.29 is 9.53 Å². The van der Waals surface area contributed by atoms with Crippen LogP contribution in [0.1, 0.15) is 71.3 Å². The molecular weight excluding hydrogens is 394 g/mol. The quantitative estimate of drug-likeness (QED) is 0.611. The van der Waals surface area contributed by atoms with E-state index in [1.165, 1.54) is 12.8 Å². The highest BCUT2D eigenvalue weighted by Gasteiger charge is 2.61. The molecule has 3 nitrogen and oxygen atoms in total. The van der Waals surface area contributed by atoms with Crippen LogP contribution in [0.25, 0.3) is 0 Å². The van der Waals surface area contributed by atoms with Crippen molar-refractivity contribution in [2.75, 3.05) is 0 Å². The Labute approximate surface area is 186 Å². The molecule has 4 fully saturated rings. The molecule has 1 N–H and O–H groups in total. The van der Waals surface area contributed by atoms with Gasteiger partial charge >= 0.3 is 0 Å². The van der Waals surface area contributed by atoms with E-state index in [-0.39, 0.29) is 17.4 Å². The van der Waals surface area contributed by atoms with E-state index >= 15 is 0 Å². The van der Waals surface area contributed by atoms with Crippen molar-refractivity contribution >= 4 is 17.5 Å². The van der Waals surface area contributed by atoms with E-state index < -0.39 is 0 Å². The zero-order valence-electron chi connectivity index (χ0n) is 18.8. The first-order valence-electron chi connectivity index (χ1n) is 11.9. The van der Waals surface area contributed by atoms with E-state index in [2.05, 4.69) is 38.2 Å². The monoisotopic (exact) mass is 429 g/mol. The van der Waals surface area contributed by atoms with Crippen LogP contribution in [0.5, 0.6) is 5.75 Å². The van der Waals surface area contributed by atoms with Crippen LogP contribution in [0.15, 0.2) is 18.2 Å². The minimum absolute atomic E-state index is 0.259. The normalized spacial score (nSPS) is 45.2. The molecule has 0 spiro atoms. The Morgan fingerprint density at radius 2 is 1.97 bits per heavy atom. The first-order chi connectivity index (χ1) is 14.2. The maximum absolute atomic E-state index is 12.1. The second kappa shape index (κ2) is 7.15. The Balaban J connectivity index is 1.38. The van der Waals surface area contributed by atoms with Crippen molar-refractivity contribution in [3.8, 4) is 5.75 Å². The van der Waals surface area contributed by atoms with Gasteiger partial charge in [-0.15, -0.1) is 0 Å². The fourth-order valence-electron chi connectivity index (χ4n) is 7.97. The molecule has 4 heteroatoms. The molecule has 1 aliphatic heterocycles. The Kier molecular flexibility index (Phi) is 4.93. The number of hydrogen-bond acceptors (Lipinski definition) is 2. The third-order valence-electron chi connectivity index (χ3n) is 9.64. The predicted molar refractivity (Wildman–Crippen MR) is 121 cm³/mol. The Morgan fingerprint density at radius 1 is 1.17 bits per heavy atom. The third kappa shape index (κ3) is 3.18. The summed E-state index contributed by atoms with van der Waals surface area (Å²) in [4.78, 5) is 12.1. The molecule has 0 aromatic heterocycles. The van der Waals surface area contributed by atoms with Crippen molar-refractivity contribution in [1.29, 1.82) is 0 Å². The van der Waals surface area contributed by atoms with Gasteiger partial charge in [-0.1, -0.05) is 38.4 Å². The minimum atomic E-state index is 0.259. The summed E-state index contributed by atoms with van der Waals surface area (Å²) >= 11 is 6.34. The minimum Gasteiger partial charge on any atom is -0.490 e. The summed E-state index contributed by atoms with van der Waals surface area (Å²) in [5, 5.41) is 4.15. The molecular formula is C26H36ClNO2. The molecule has 5 rings (SSSR count). The average Bonchev–Trinajstić information content (AvgIpc) is 3.02. The highest BCUT2D eigenvalue weighted by Crippen LogP contribution is 2.65. The van der Waals surface area contributed by atoms with E-state index in [1.807, 2.05) is 13.0 Å².